The highest BCUT2D eigenvalue weighted by molar-refractivity contribution is 4.45. The fraction of sp³-hybridized carbons (Fsp3) is 1.00. The van der Waals surface area contributed by atoms with E-state index >= 15 is 0 Å². The first-order valence-electron chi connectivity index (χ1n) is 4.27. The van der Waals surface area contributed by atoms with Gasteiger partial charge in [0.15, 0.2) is 0 Å². The molecule has 0 aliphatic rings. The maximum absolute atomic E-state index is 5.32. The van der Waals surface area contributed by atoms with E-state index in [1.54, 1.807) is 0 Å². The van der Waals surface area contributed by atoms with Gasteiger partial charge in [0.25, 0.3) is 0 Å². The van der Waals surface area contributed by atoms with Gasteiger partial charge in [0.05, 0.1) is 6.61 Å². The number of nitrogens with two attached hydrogens (primary N) is 1. The van der Waals surface area contributed by atoms with E-state index in [1.807, 2.05) is 0 Å². The zero-order valence-corrected chi connectivity index (χ0v) is 7.68. The minimum Gasteiger partial charge on any atom is -0.380 e. The van der Waals surface area contributed by atoms with Crippen molar-refractivity contribution in [2.45, 2.75) is 13.3 Å². The van der Waals surface area contributed by atoms with Crippen LogP contribution in [0.15, 0.2) is 0 Å². The average Bonchev–Trinajstić information content (AvgIpc) is 2.04. The molecule has 0 aromatic rings. The van der Waals surface area contributed by atoms with E-state index in [0.29, 0.717) is 0 Å². The lowest BCUT2D eigenvalue weighted by Crippen LogP contribution is -2.23. The van der Waals surface area contributed by atoms with Crippen LogP contribution in [0, 0.1) is 0 Å². The van der Waals surface area contributed by atoms with Crippen LogP contribution in [0.25, 0.3) is 0 Å². The maximum atomic E-state index is 5.32. The molecule has 68 valence electrons. The van der Waals surface area contributed by atoms with Gasteiger partial charge in [-0.15, -0.1) is 0 Å². The summed E-state index contributed by atoms with van der Waals surface area (Å²) in [7, 11) is 2.09. The predicted octanol–water partition coefficient (Wildman–Crippen LogP) is 0.304. The summed E-state index contributed by atoms with van der Waals surface area (Å²) in [6, 6.07) is 0. The fourth-order valence-corrected chi connectivity index (χ4v) is 0.666. The molecule has 3 nitrogen and oxygen atoms in total. The number of likely N-dealkylation sites (N-methyl/N-ethyl adjacent to an activating group) is 1. The van der Waals surface area contributed by atoms with E-state index in [1.165, 1.54) is 0 Å². The molecule has 0 aromatic heterocycles. The Hall–Kier alpha value is -0.120. The molecule has 0 amide bonds. The minimum atomic E-state index is 0.726. The molecule has 0 aromatic carbocycles. The van der Waals surface area contributed by atoms with Crippen LogP contribution in [0.4, 0.5) is 0 Å². The Kier molecular flexibility index (Phi) is 7.89. The lowest BCUT2D eigenvalue weighted by atomic mass is 10.5. The van der Waals surface area contributed by atoms with Crippen LogP contribution in [0.3, 0.4) is 0 Å². The topological polar surface area (TPSA) is 38.5 Å². The minimum absolute atomic E-state index is 0.726. The summed E-state index contributed by atoms with van der Waals surface area (Å²) in [5.41, 5.74) is 5.31. The van der Waals surface area contributed by atoms with Crippen LogP contribution in [0.1, 0.15) is 13.3 Å². The summed E-state index contributed by atoms with van der Waals surface area (Å²) in [6.07, 6.45) is 0.968. The molecule has 0 unspecified atom stereocenters. The van der Waals surface area contributed by atoms with E-state index in [9.17, 15) is 0 Å². The molecule has 3 heteroatoms. The molecule has 0 atom stereocenters. The summed E-state index contributed by atoms with van der Waals surface area (Å²) in [5.74, 6) is 0. The molecule has 0 saturated carbocycles. The Morgan fingerprint density at radius 3 is 2.64 bits per heavy atom. The van der Waals surface area contributed by atoms with Gasteiger partial charge >= 0.3 is 0 Å². The van der Waals surface area contributed by atoms with Crippen LogP contribution >= 0.6 is 0 Å². The van der Waals surface area contributed by atoms with Gasteiger partial charge in [-0.3, -0.25) is 0 Å². The number of hydrogen-bond donors (Lipinski definition) is 1. The smallest absolute Gasteiger partial charge is 0.0593 e. The highest BCUT2D eigenvalue weighted by atomic mass is 16.5. The van der Waals surface area contributed by atoms with Gasteiger partial charge in [0, 0.05) is 13.2 Å². The molecule has 2 N–H and O–H groups in total. The maximum Gasteiger partial charge on any atom is 0.0593 e. The summed E-state index contributed by atoms with van der Waals surface area (Å²) < 4.78 is 5.32. The Morgan fingerprint density at radius 1 is 1.36 bits per heavy atom. The second-order valence-electron chi connectivity index (χ2n) is 2.65. The van der Waals surface area contributed by atoms with Crippen LogP contribution in [0.2, 0.25) is 0 Å². The third kappa shape index (κ3) is 7.78. The van der Waals surface area contributed by atoms with E-state index < -0.39 is 0 Å². The third-order valence-corrected chi connectivity index (χ3v) is 1.65. The highest BCUT2D eigenvalue weighted by Crippen LogP contribution is 1.83. The Bertz CT molecular complexity index is 78.5. The van der Waals surface area contributed by atoms with E-state index in [4.69, 9.17) is 10.5 Å². The summed E-state index contributed by atoms with van der Waals surface area (Å²) in [6.45, 7) is 6.59. The fourth-order valence-electron chi connectivity index (χ4n) is 0.666. The van der Waals surface area contributed by atoms with E-state index in [2.05, 4.69) is 18.9 Å². The van der Waals surface area contributed by atoms with Crippen molar-refractivity contribution in [3.8, 4) is 0 Å². The van der Waals surface area contributed by atoms with Crippen molar-refractivity contribution in [2.24, 2.45) is 5.73 Å². The van der Waals surface area contributed by atoms with E-state index in [0.717, 1.165) is 39.3 Å². The van der Waals surface area contributed by atoms with Gasteiger partial charge in [-0.05, 0) is 26.6 Å². The quantitative estimate of drug-likeness (QED) is 0.544. The Labute approximate surface area is 69.5 Å². The monoisotopic (exact) mass is 160 g/mol. The van der Waals surface area contributed by atoms with E-state index in [-0.39, 0.29) is 0 Å². The highest BCUT2D eigenvalue weighted by Gasteiger charge is 1.92. The van der Waals surface area contributed by atoms with Crippen LogP contribution in [-0.2, 0) is 4.74 Å². The molecule has 0 fully saturated rings. The molecular weight excluding hydrogens is 140 g/mol. The molecule has 0 saturated heterocycles. The number of rotatable bonds is 7. The molecule has 11 heavy (non-hydrogen) atoms. The van der Waals surface area contributed by atoms with Gasteiger partial charge in [-0.25, -0.2) is 0 Å². The van der Waals surface area contributed by atoms with Crippen molar-refractivity contribution in [1.82, 2.24) is 4.90 Å². The van der Waals surface area contributed by atoms with Gasteiger partial charge in [0.1, 0.15) is 0 Å². The van der Waals surface area contributed by atoms with Crippen molar-refractivity contribution in [3.63, 3.8) is 0 Å². The van der Waals surface area contributed by atoms with Gasteiger partial charge in [-0.2, -0.15) is 0 Å². The lowest BCUT2D eigenvalue weighted by molar-refractivity contribution is 0.112. The number of hydrogen-bond acceptors (Lipinski definition) is 3. The number of ether oxygens (including phenoxy) is 1. The molecule has 0 aliphatic heterocycles. The zero-order chi connectivity index (χ0) is 8.53. The average molecular weight is 160 g/mol. The van der Waals surface area contributed by atoms with Crippen molar-refractivity contribution < 1.29 is 4.74 Å². The molecule has 0 spiro atoms. The van der Waals surface area contributed by atoms with Crippen molar-refractivity contribution >= 4 is 0 Å². The SMILES string of the molecule is CCN(C)CCOCCCN. The molecule has 0 heterocycles. The van der Waals surface area contributed by atoms with Crippen molar-refractivity contribution in [3.05, 3.63) is 0 Å². The zero-order valence-electron chi connectivity index (χ0n) is 7.68. The number of nitrogens with zero attached hydrogens (tertiary/aromatic N) is 1. The van der Waals surface area contributed by atoms with Crippen LogP contribution in [-0.4, -0.2) is 44.8 Å². The molecule has 0 rings (SSSR count). The first-order valence-corrected chi connectivity index (χ1v) is 4.27. The second-order valence-corrected chi connectivity index (χ2v) is 2.65. The summed E-state index contributed by atoms with van der Waals surface area (Å²) in [5, 5.41) is 0. The second kappa shape index (κ2) is 7.98. The summed E-state index contributed by atoms with van der Waals surface area (Å²) in [4.78, 5) is 2.22. The third-order valence-electron chi connectivity index (χ3n) is 1.65. The summed E-state index contributed by atoms with van der Waals surface area (Å²) >= 11 is 0. The normalized spacial score (nSPS) is 10.9. The Morgan fingerprint density at radius 2 is 2.09 bits per heavy atom. The van der Waals surface area contributed by atoms with Gasteiger partial charge in [0.2, 0.25) is 0 Å². The Balaban J connectivity index is 2.89. The largest absolute Gasteiger partial charge is 0.380 e. The van der Waals surface area contributed by atoms with Crippen LogP contribution in [0.5, 0.6) is 0 Å². The van der Waals surface area contributed by atoms with Gasteiger partial charge < -0.3 is 15.4 Å². The molecule has 0 radical (unpaired) electrons. The molecule has 0 bridgehead atoms. The lowest BCUT2D eigenvalue weighted by Gasteiger charge is -2.13. The standard InChI is InChI=1S/C8H20N2O/c1-3-10(2)6-8-11-7-4-5-9/h3-9H2,1-2H3. The predicted molar refractivity (Wildman–Crippen MR) is 47.7 cm³/mol. The first kappa shape index (κ1) is 10.9. The van der Waals surface area contributed by atoms with Crippen molar-refractivity contribution in [1.29, 1.82) is 0 Å². The first-order chi connectivity index (χ1) is 5.31. The van der Waals surface area contributed by atoms with Crippen LogP contribution < -0.4 is 5.73 Å². The van der Waals surface area contributed by atoms with Gasteiger partial charge in [-0.1, -0.05) is 6.92 Å². The van der Waals surface area contributed by atoms with Crippen molar-refractivity contribution in [2.75, 3.05) is 39.9 Å². The molecule has 0 aliphatic carbocycles. The molecular formula is C8H20N2O.